The molecular weight excluding hydrogens is 188 g/mol. The summed E-state index contributed by atoms with van der Waals surface area (Å²) < 4.78 is 0. The number of nitrogens with one attached hydrogen (secondary N) is 1. The third-order valence-electron chi connectivity index (χ3n) is 3.01. The fourth-order valence-corrected chi connectivity index (χ4v) is 2.11. The highest BCUT2D eigenvalue weighted by Gasteiger charge is 2.32. The molecule has 1 saturated carbocycles. The van der Waals surface area contributed by atoms with Crippen molar-refractivity contribution in [2.75, 3.05) is 13.1 Å². The van der Waals surface area contributed by atoms with Crippen molar-refractivity contribution >= 4 is 5.91 Å². The molecule has 1 atom stereocenters. The Hall–Kier alpha value is -0.830. The second-order valence-electron chi connectivity index (χ2n) is 4.85. The maximum atomic E-state index is 12.0. The molecule has 2 fully saturated rings. The molecule has 0 spiro atoms. The van der Waals surface area contributed by atoms with Crippen molar-refractivity contribution in [1.29, 1.82) is 0 Å². The molecular formula is C12H20N2O. The zero-order chi connectivity index (χ0) is 10.8. The van der Waals surface area contributed by atoms with Crippen LogP contribution in [-0.2, 0) is 4.79 Å². The van der Waals surface area contributed by atoms with E-state index >= 15 is 0 Å². The summed E-state index contributed by atoms with van der Waals surface area (Å²) in [4.78, 5) is 14.0. The van der Waals surface area contributed by atoms with Crippen molar-refractivity contribution in [2.45, 2.75) is 44.7 Å². The predicted molar refractivity (Wildman–Crippen MR) is 60.6 cm³/mol. The second kappa shape index (κ2) is 4.35. The monoisotopic (exact) mass is 208 g/mol. The van der Waals surface area contributed by atoms with Crippen molar-refractivity contribution in [3.8, 4) is 0 Å². The quantitative estimate of drug-likeness (QED) is 0.706. The first-order valence-corrected chi connectivity index (χ1v) is 5.86. The van der Waals surface area contributed by atoms with Gasteiger partial charge in [0.2, 0.25) is 5.91 Å². The molecule has 0 aromatic carbocycles. The number of hydrogen-bond donors (Lipinski definition) is 1. The Morgan fingerprint density at radius 1 is 1.53 bits per heavy atom. The molecule has 84 valence electrons. The Balaban J connectivity index is 1.89. The summed E-state index contributed by atoms with van der Waals surface area (Å²) in [6.07, 6.45) is 4.60. The van der Waals surface area contributed by atoms with Gasteiger partial charge < -0.3 is 10.2 Å². The van der Waals surface area contributed by atoms with Crippen LogP contribution in [0.1, 0.15) is 32.6 Å². The molecule has 0 aromatic rings. The number of hydrogen-bond acceptors (Lipinski definition) is 2. The predicted octanol–water partition coefficient (Wildman–Crippen LogP) is 1.31. The van der Waals surface area contributed by atoms with Gasteiger partial charge in [0.15, 0.2) is 0 Å². The van der Waals surface area contributed by atoms with Gasteiger partial charge in [0.25, 0.3) is 0 Å². The molecule has 2 aliphatic rings. The largest absolute Gasteiger partial charge is 0.337 e. The zero-order valence-corrected chi connectivity index (χ0v) is 9.46. The summed E-state index contributed by atoms with van der Waals surface area (Å²) >= 11 is 0. The lowest BCUT2D eigenvalue weighted by Crippen LogP contribution is -2.51. The second-order valence-corrected chi connectivity index (χ2v) is 4.85. The minimum absolute atomic E-state index is 0.0746. The third kappa shape index (κ3) is 2.81. The highest BCUT2D eigenvalue weighted by atomic mass is 16.2. The van der Waals surface area contributed by atoms with Gasteiger partial charge in [0.05, 0.1) is 6.04 Å². The van der Waals surface area contributed by atoms with E-state index in [0.29, 0.717) is 6.04 Å². The average Bonchev–Trinajstić information content (AvgIpc) is 2.95. The van der Waals surface area contributed by atoms with E-state index in [-0.39, 0.29) is 11.9 Å². The summed E-state index contributed by atoms with van der Waals surface area (Å²) in [5.41, 5.74) is 1.07. The van der Waals surface area contributed by atoms with Crippen LogP contribution in [0.15, 0.2) is 12.2 Å². The number of nitrogens with zero attached hydrogens (tertiary/aromatic N) is 1. The normalized spacial score (nSPS) is 26.9. The summed E-state index contributed by atoms with van der Waals surface area (Å²) in [6, 6.07) is 0.689. The van der Waals surface area contributed by atoms with Gasteiger partial charge in [-0.1, -0.05) is 12.2 Å². The van der Waals surface area contributed by atoms with Crippen LogP contribution in [0, 0.1) is 0 Å². The maximum absolute atomic E-state index is 12.0. The first kappa shape index (κ1) is 10.7. The standard InChI is InChI=1S/C12H20N2O/c1-9(2)8-14-7-3-4-11(12(14)15)13-10-5-6-10/h10-11,13H,1,3-8H2,2H3. The maximum Gasteiger partial charge on any atom is 0.240 e. The smallest absolute Gasteiger partial charge is 0.240 e. The van der Waals surface area contributed by atoms with Crippen molar-refractivity contribution in [3.05, 3.63) is 12.2 Å². The Morgan fingerprint density at radius 3 is 2.87 bits per heavy atom. The van der Waals surface area contributed by atoms with E-state index in [1.807, 2.05) is 11.8 Å². The molecule has 1 heterocycles. The van der Waals surface area contributed by atoms with Crippen molar-refractivity contribution in [2.24, 2.45) is 0 Å². The van der Waals surface area contributed by atoms with E-state index in [1.165, 1.54) is 12.8 Å². The van der Waals surface area contributed by atoms with E-state index < -0.39 is 0 Å². The van der Waals surface area contributed by atoms with Crippen LogP contribution >= 0.6 is 0 Å². The lowest BCUT2D eigenvalue weighted by Gasteiger charge is -2.33. The molecule has 1 aliphatic carbocycles. The van der Waals surface area contributed by atoms with Crippen molar-refractivity contribution in [3.63, 3.8) is 0 Å². The minimum Gasteiger partial charge on any atom is -0.337 e. The average molecular weight is 208 g/mol. The first-order valence-electron chi connectivity index (χ1n) is 5.86. The number of carbonyl (C=O) groups excluding carboxylic acids is 1. The number of rotatable bonds is 4. The van der Waals surface area contributed by atoms with E-state index in [9.17, 15) is 4.79 Å². The number of amides is 1. The van der Waals surface area contributed by atoms with Gasteiger partial charge in [0.1, 0.15) is 0 Å². The van der Waals surface area contributed by atoms with Crippen LogP contribution < -0.4 is 5.32 Å². The van der Waals surface area contributed by atoms with Gasteiger partial charge in [-0.3, -0.25) is 4.79 Å². The Morgan fingerprint density at radius 2 is 2.27 bits per heavy atom. The highest BCUT2D eigenvalue weighted by molar-refractivity contribution is 5.82. The first-order chi connectivity index (χ1) is 7.16. The molecule has 1 amide bonds. The lowest BCUT2D eigenvalue weighted by molar-refractivity contribution is -0.135. The van der Waals surface area contributed by atoms with Crippen LogP contribution in [0.4, 0.5) is 0 Å². The van der Waals surface area contributed by atoms with Gasteiger partial charge in [-0.05, 0) is 32.6 Å². The van der Waals surface area contributed by atoms with E-state index in [4.69, 9.17) is 0 Å². The van der Waals surface area contributed by atoms with E-state index in [0.717, 1.165) is 31.5 Å². The Bertz CT molecular complexity index is 271. The van der Waals surface area contributed by atoms with Crippen molar-refractivity contribution < 1.29 is 4.79 Å². The molecule has 1 saturated heterocycles. The molecule has 3 nitrogen and oxygen atoms in total. The van der Waals surface area contributed by atoms with Gasteiger partial charge in [0, 0.05) is 19.1 Å². The molecule has 1 aliphatic heterocycles. The molecule has 0 bridgehead atoms. The van der Waals surface area contributed by atoms with Gasteiger partial charge in [-0.15, -0.1) is 0 Å². The van der Waals surface area contributed by atoms with Crippen LogP contribution in [-0.4, -0.2) is 36.0 Å². The third-order valence-corrected chi connectivity index (χ3v) is 3.01. The van der Waals surface area contributed by atoms with Gasteiger partial charge >= 0.3 is 0 Å². The van der Waals surface area contributed by atoms with Crippen LogP contribution in [0.5, 0.6) is 0 Å². The number of likely N-dealkylation sites (tertiary alicyclic amines) is 1. The molecule has 1 N–H and O–H groups in total. The van der Waals surface area contributed by atoms with E-state index in [2.05, 4.69) is 11.9 Å². The summed E-state index contributed by atoms with van der Waals surface area (Å²) in [5, 5.41) is 3.42. The SMILES string of the molecule is C=C(C)CN1CCCC(NC2CC2)C1=O. The molecule has 2 rings (SSSR count). The minimum atomic E-state index is 0.0746. The molecule has 0 aromatic heterocycles. The van der Waals surface area contributed by atoms with Gasteiger partial charge in [-0.25, -0.2) is 0 Å². The number of carbonyl (C=O) groups is 1. The van der Waals surface area contributed by atoms with Crippen LogP contribution in [0.3, 0.4) is 0 Å². The summed E-state index contributed by atoms with van der Waals surface area (Å²) in [5.74, 6) is 0.274. The molecule has 15 heavy (non-hydrogen) atoms. The number of piperidine rings is 1. The summed E-state index contributed by atoms with van der Waals surface area (Å²) in [6.45, 7) is 7.47. The molecule has 0 radical (unpaired) electrons. The van der Waals surface area contributed by atoms with Gasteiger partial charge in [-0.2, -0.15) is 0 Å². The zero-order valence-electron chi connectivity index (χ0n) is 9.46. The fraction of sp³-hybridized carbons (Fsp3) is 0.750. The van der Waals surface area contributed by atoms with Crippen LogP contribution in [0.25, 0.3) is 0 Å². The van der Waals surface area contributed by atoms with E-state index in [1.54, 1.807) is 0 Å². The Kier molecular flexibility index (Phi) is 3.10. The Labute approximate surface area is 91.5 Å². The molecule has 1 unspecified atom stereocenters. The van der Waals surface area contributed by atoms with Crippen molar-refractivity contribution in [1.82, 2.24) is 10.2 Å². The fourth-order valence-electron chi connectivity index (χ4n) is 2.11. The van der Waals surface area contributed by atoms with Crippen LogP contribution in [0.2, 0.25) is 0 Å². The lowest BCUT2D eigenvalue weighted by atomic mass is 10.0. The topological polar surface area (TPSA) is 32.3 Å². The highest BCUT2D eigenvalue weighted by Crippen LogP contribution is 2.22. The summed E-state index contributed by atoms with van der Waals surface area (Å²) in [7, 11) is 0. The molecule has 3 heteroatoms.